The molecule has 2 saturated heterocycles. The zero-order chi connectivity index (χ0) is 34.5. The molecule has 3 aliphatic rings. The number of hydrogen-bond acceptors (Lipinski definition) is 4. The van der Waals surface area contributed by atoms with Gasteiger partial charge in [0.15, 0.2) is 0 Å². The van der Waals surface area contributed by atoms with Crippen molar-refractivity contribution < 1.29 is 45.8 Å². The third-order valence-corrected chi connectivity index (χ3v) is 9.50. The van der Waals surface area contributed by atoms with Crippen molar-refractivity contribution in [1.82, 2.24) is 0 Å². The van der Waals surface area contributed by atoms with Crippen molar-refractivity contribution in [1.29, 1.82) is 0 Å². The van der Waals surface area contributed by atoms with Crippen molar-refractivity contribution in [3.8, 4) is 5.75 Å². The lowest BCUT2D eigenvalue weighted by molar-refractivity contribution is -0.143. The maximum absolute atomic E-state index is 13.9. The van der Waals surface area contributed by atoms with Crippen LogP contribution in [0.3, 0.4) is 0 Å². The Bertz CT molecular complexity index is 1760. The lowest BCUT2D eigenvalue weighted by atomic mass is 9.67. The number of phenols is 1. The Morgan fingerprint density at radius 2 is 1.56 bits per heavy atom. The standard InChI is InChI=1S/C37H33F6NO4/c1-20(2)28-18-29-33(35(47)44(34(29)46)26-16-24(36(38,39)40)15-25(17-26)37(41,42)43)30-19-48-31(32(28)30)12-11-23(22-8-4-3-5-9-22)13-21-7-6-10-27(45)14-21/h3-10,13-17,20,29-31,33,45H,11-12,18-19H2,1-2H3/b23-13-/t29-,30+,31-,33-/m1/s1. The zero-order valence-corrected chi connectivity index (χ0v) is 26.1. The van der Waals surface area contributed by atoms with Crippen LogP contribution in [0.5, 0.6) is 5.75 Å². The van der Waals surface area contributed by atoms with E-state index in [0.29, 0.717) is 29.9 Å². The second-order valence-electron chi connectivity index (χ2n) is 12.8. The number of phenolic OH excluding ortho intramolecular Hbond substituents is 1. The molecule has 4 atom stereocenters. The Kier molecular flexibility index (Phi) is 8.78. The molecule has 1 aliphatic carbocycles. The highest BCUT2D eigenvalue weighted by Crippen LogP contribution is 2.52. The second kappa shape index (κ2) is 12.6. The predicted molar refractivity (Wildman–Crippen MR) is 167 cm³/mol. The highest BCUT2D eigenvalue weighted by molar-refractivity contribution is 6.22. The van der Waals surface area contributed by atoms with Gasteiger partial charge in [0.25, 0.3) is 0 Å². The molecular formula is C37H33F6NO4. The van der Waals surface area contributed by atoms with E-state index in [0.717, 1.165) is 27.8 Å². The lowest BCUT2D eigenvalue weighted by Gasteiger charge is -2.33. The fourth-order valence-electron chi connectivity index (χ4n) is 7.34. The first kappa shape index (κ1) is 33.5. The third kappa shape index (κ3) is 6.40. The molecule has 3 aromatic rings. The highest BCUT2D eigenvalue weighted by Gasteiger charge is 2.58. The molecule has 48 heavy (non-hydrogen) atoms. The first-order valence-electron chi connectivity index (χ1n) is 15.7. The van der Waals surface area contributed by atoms with Crippen LogP contribution in [0.1, 0.15) is 55.4 Å². The van der Waals surface area contributed by atoms with E-state index in [4.69, 9.17) is 4.74 Å². The average molecular weight is 670 g/mol. The van der Waals surface area contributed by atoms with Crippen LogP contribution in [0, 0.1) is 23.7 Å². The predicted octanol–water partition coefficient (Wildman–Crippen LogP) is 8.93. The number of amides is 2. The van der Waals surface area contributed by atoms with E-state index in [1.54, 1.807) is 18.2 Å². The van der Waals surface area contributed by atoms with Gasteiger partial charge in [-0.25, -0.2) is 4.90 Å². The zero-order valence-electron chi connectivity index (χ0n) is 26.1. The average Bonchev–Trinajstić information content (AvgIpc) is 3.55. The van der Waals surface area contributed by atoms with Gasteiger partial charge < -0.3 is 9.84 Å². The molecule has 6 rings (SSSR count). The number of ether oxygens (including phenoxy) is 1. The Labute approximate surface area is 273 Å². The largest absolute Gasteiger partial charge is 0.508 e. The van der Waals surface area contributed by atoms with Crippen LogP contribution in [-0.2, 0) is 26.7 Å². The summed E-state index contributed by atoms with van der Waals surface area (Å²) >= 11 is 0. The molecule has 3 aromatic carbocycles. The van der Waals surface area contributed by atoms with Gasteiger partial charge in [0.2, 0.25) is 11.8 Å². The minimum atomic E-state index is -5.13. The summed E-state index contributed by atoms with van der Waals surface area (Å²) in [6.07, 6.45) is -7.45. The fourth-order valence-corrected chi connectivity index (χ4v) is 7.34. The van der Waals surface area contributed by atoms with E-state index in [9.17, 15) is 41.0 Å². The normalized spacial score (nSPS) is 23.3. The molecule has 0 radical (unpaired) electrons. The number of alkyl halides is 6. The highest BCUT2D eigenvalue weighted by atomic mass is 19.4. The van der Waals surface area contributed by atoms with E-state index in [2.05, 4.69) is 0 Å². The molecule has 0 unspecified atom stereocenters. The number of allylic oxidation sites excluding steroid dienone is 2. The minimum Gasteiger partial charge on any atom is -0.508 e. The van der Waals surface area contributed by atoms with Gasteiger partial charge in [-0.05, 0) is 77.8 Å². The molecule has 2 aliphatic heterocycles. The summed E-state index contributed by atoms with van der Waals surface area (Å²) in [6.45, 7) is 4.00. The van der Waals surface area contributed by atoms with Gasteiger partial charge in [-0.1, -0.05) is 68.0 Å². The van der Waals surface area contributed by atoms with Crippen molar-refractivity contribution >= 4 is 29.2 Å². The molecular weight excluding hydrogens is 636 g/mol. The third-order valence-electron chi connectivity index (χ3n) is 9.50. The summed E-state index contributed by atoms with van der Waals surface area (Å²) < 4.78 is 88.2. The SMILES string of the molecule is CC(C)C1=C2[C@@H](CC/C(=C/c3cccc(O)c3)c3ccccc3)OC[C@@H]2[C@@H]2C(=O)N(c3cc(C(F)(F)F)cc(C(F)(F)F)c3)C(=O)[C@@H]2C1. The Hall–Kier alpha value is -4.38. The second-order valence-corrected chi connectivity index (χ2v) is 12.8. The number of rotatable bonds is 7. The molecule has 11 heteroatoms. The van der Waals surface area contributed by atoms with E-state index in [-0.39, 0.29) is 30.8 Å². The van der Waals surface area contributed by atoms with E-state index < -0.39 is 64.8 Å². The number of nitrogens with zero attached hydrogens (tertiary/aromatic N) is 1. The van der Waals surface area contributed by atoms with Crippen LogP contribution in [0.15, 0.2) is 83.9 Å². The molecule has 5 nitrogen and oxygen atoms in total. The summed E-state index contributed by atoms with van der Waals surface area (Å²) in [6, 6.07) is 17.4. The molecule has 1 N–H and O–H groups in total. The number of halogens is 6. The van der Waals surface area contributed by atoms with Gasteiger partial charge in [-0.3, -0.25) is 9.59 Å². The van der Waals surface area contributed by atoms with E-state index in [1.807, 2.05) is 56.3 Å². The maximum atomic E-state index is 13.9. The van der Waals surface area contributed by atoms with Crippen LogP contribution in [0.25, 0.3) is 11.6 Å². The fraction of sp³-hybridized carbons (Fsp3) is 0.351. The van der Waals surface area contributed by atoms with Crippen LogP contribution >= 0.6 is 0 Å². The van der Waals surface area contributed by atoms with Gasteiger partial charge in [0.05, 0.1) is 41.4 Å². The van der Waals surface area contributed by atoms with E-state index in [1.165, 1.54) is 0 Å². The summed E-state index contributed by atoms with van der Waals surface area (Å²) in [5, 5.41) is 10.0. The molecule has 252 valence electrons. The number of carbonyl (C=O) groups is 2. The molecule has 0 spiro atoms. The van der Waals surface area contributed by atoms with Crippen molar-refractivity contribution in [3.05, 3.63) is 106 Å². The molecule has 2 fully saturated rings. The summed E-state index contributed by atoms with van der Waals surface area (Å²) in [4.78, 5) is 28.2. The van der Waals surface area contributed by atoms with Crippen LogP contribution < -0.4 is 4.90 Å². The smallest absolute Gasteiger partial charge is 0.416 e. The van der Waals surface area contributed by atoms with Gasteiger partial charge in [0.1, 0.15) is 5.75 Å². The Morgan fingerprint density at radius 3 is 2.17 bits per heavy atom. The van der Waals surface area contributed by atoms with Crippen LogP contribution in [-0.4, -0.2) is 29.6 Å². The number of carbonyl (C=O) groups excluding carboxylic acids is 2. The number of benzene rings is 3. The Morgan fingerprint density at radius 1 is 0.896 bits per heavy atom. The maximum Gasteiger partial charge on any atom is 0.416 e. The molecule has 0 saturated carbocycles. The van der Waals surface area contributed by atoms with Crippen molar-refractivity contribution in [2.24, 2.45) is 23.7 Å². The number of fused-ring (bicyclic) bond motifs is 3. The Balaban J connectivity index is 1.32. The number of anilines is 1. The first-order valence-corrected chi connectivity index (χ1v) is 15.7. The number of aromatic hydroxyl groups is 1. The quantitative estimate of drug-likeness (QED) is 0.118. The molecule has 2 heterocycles. The summed E-state index contributed by atoms with van der Waals surface area (Å²) in [5.41, 5.74) is 0.641. The topological polar surface area (TPSA) is 66.8 Å². The van der Waals surface area contributed by atoms with E-state index >= 15 is 0 Å². The monoisotopic (exact) mass is 669 g/mol. The van der Waals surface area contributed by atoms with Crippen LogP contribution in [0.4, 0.5) is 32.0 Å². The van der Waals surface area contributed by atoms with Gasteiger partial charge in [-0.2, -0.15) is 26.3 Å². The number of imide groups is 1. The van der Waals surface area contributed by atoms with Crippen LogP contribution in [0.2, 0.25) is 0 Å². The minimum absolute atomic E-state index is 0.0217. The lowest BCUT2D eigenvalue weighted by Crippen LogP contribution is -2.35. The summed E-state index contributed by atoms with van der Waals surface area (Å²) in [5.74, 6) is -3.99. The molecule has 0 bridgehead atoms. The van der Waals surface area contributed by atoms with Crippen molar-refractivity contribution in [3.63, 3.8) is 0 Å². The van der Waals surface area contributed by atoms with Gasteiger partial charge in [-0.15, -0.1) is 0 Å². The molecule has 2 amide bonds. The van der Waals surface area contributed by atoms with Gasteiger partial charge in [0, 0.05) is 5.92 Å². The van der Waals surface area contributed by atoms with Gasteiger partial charge >= 0.3 is 12.4 Å². The molecule has 0 aromatic heterocycles. The number of hydrogen-bond donors (Lipinski definition) is 1. The van der Waals surface area contributed by atoms with Crippen molar-refractivity contribution in [2.45, 2.75) is 51.6 Å². The first-order chi connectivity index (χ1) is 22.6. The van der Waals surface area contributed by atoms with Crippen molar-refractivity contribution in [2.75, 3.05) is 11.5 Å². The summed E-state index contributed by atoms with van der Waals surface area (Å²) in [7, 11) is 0.